The predicted octanol–water partition coefficient (Wildman–Crippen LogP) is 5.05. The van der Waals surface area contributed by atoms with Gasteiger partial charge in [-0.05, 0) is 75.4 Å². The molecule has 1 N–H and O–H groups in total. The van der Waals surface area contributed by atoms with Gasteiger partial charge in [-0.3, -0.25) is 9.89 Å². The fourth-order valence-corrected chi connectivity index (χ4v) is 5.88. The lowest BCUT2D eigenvalue weighted by molar-refractivity contribution is 0.0879. The van der Waals surface area contributed by atoms with Crippen molar-refractivity contribution in [2.24, 2.45) is 5.92 Å². The van der Waals surface area contributed by atoms with Crippen LogP contribution in [0.25, 0.3) is 21.3 Å². The van der Waals surface area contributed by atoms with E-state index in [2.05, 4.69) is 53.3 Å². The Hall–Kier alpha value is -1.98. The number of nitrogens with zero attached hydrogens (tertiary/aromatic N) is 2. The molecule has 140 valence electrons. The number of fused-ring (bicyclic) bond motifs is 3. The number of aryl methyl sites for hydroxylation is 1. The predicted molar refractivity (Wildman–Crippen MR) is 110 cm³/mol. The van der Waals surface area contributed by atoms with Gasteiger partial charge in [-0.15, -0.1) is 11.3 Å². The molecule has 1 aromatic carbocycles. The quantitative estimate of drug-likeness (QED) is 0.646. The zero-order chi connectivity index (χ0) is 18.5. The second-order valence-electron chi connectivity index (χ2n) is 8.26. The zero-order valence-electron chi connectivity index (χ0n) is 15.9. The minimum absolute atomic E-state index is 0.190. The van der Waals surface area contributed by atoms with E-state index in [0.717, 1.165) is 29.3 Å². The number of aromatic nitrogens is 2. The van der Waals surface area contributed by atoms with E-state index in [1.54, 1.807) is 11.3 Å². The van der Waals surface area contributed by atoms with Crippen LogP contribution in [-0.4, -0.2) is 40.0 Å². The topological polar surface area (TPSA) is 49.0 Å². The van der Waals surface area contributed by atoms with E-state index in [1.807, 2.05) is 6.07 Å². The number of carbonyl (C=O) groups excluding carboxylic acids is 1. The molecule has 0 aliphatic carbocycles. The number of benzene rings is 1. The number of nitrogens with one attached hydrogen (secondary N) is 1. The number of rotatable bonds is 4. The second-order valence-corrected chi connectivity index (χ2v) is 9.55. The Bertz CT molecular complexity index is 990. The van der Waals surface area contributed by atoms with Gasteiger partial charge in [0, 0.05) is 33.6 Å². The molecule has 0 spiro atoms. The summed E-state index contributed by atoms with van der Waals surface area (Å²) in [4.78, 5) is 18.1. The minimum Gasteiger partial charge on any atom is -0.300 e. The number of ketones is 1. The fraction of sp³-hybridized carbons (Fsp3) is 0.455. The Balaban J connectivity index is 1.40. The van der Waals surface area contributed by atoms with E-state index in [-0.39, 0.29) is 5.78 Å². The van der Waals surface area contributed by atoms with Crippen molar-refractivity contribution in [2.75, 3.05) is 7.05 Å². The Morgan fingerprint density at radius 3 is 2.70 bits per heavy atom. The smallest absolute Gasteiger partial charge is 0.183 e. The van der Waals surface area contributed by atoms with Crippen LogP contribution in [0, 0.1) is 12.8 Å². The van der Waals surface area contributed by atoms with E-state index in [4.69, 9.17) is 0 Å². The van der Waals surface area contributed by atoms with Gasteiger partial charge in [-0.25, -0.2) is 0 Å². The second kappa shape index (κ2) is 6.57. The van der Waals surface area contributed by atoms with E-state index < -0.39 is 0 Å². The van der Waals surface area contributed by atoms with Gasteiger partial charge in [0.05, 0.1) is 5.52 Å². The molecule has 5 heteroatoms. The average Bonchev–Trinajstić information content (AvgIpc) is 3.31. The van der Waals surface area contributed by atoms with Gasteiger partial charge in [0.1, 0.15) is 5.69 Å². The van der Waals surface area contributed by atoms with Gasteiger partial charge in [0.15, 0.2) is 5.78 Å². The van der Waals surface area contributed by atoms with Crippen LogP contribution >= 0.6 is 11.3 Å². The average molecular weight is 380 g/mol. The summed E-state index contributed by atoms with van der Waals surface area (Å²) in [5.41, 5.74) is 2.72. The number of Topliss-reactive ketones (excluding diaryl/α,β-unsaturated/α-hetero) is 1. The summed E-state index contributed by atoms with van der Waals surface area (Å²) in [7, 11) is 2.25. The first-order valence-corrected chi connectivity index (χ1v) is 10.7. The lowest BCUT2D eigenvalue weighted by Gasteiger charge is -2.36. The monoisotopic (exact) mass is 379 g/mol. The standard InChI is InChI=1S/C22H25N3OS/c1-13-3-8-21(27-13)15-4-7-19-18(12-15)22(24-23-19)20(26)11-14-9-16-5-6-17(10-14)25(16)2/h3-4,7-8,12,14,16-17H,5-6,9-11H2,1-2H3,(H,23,24). The first-order chi connectivity index (χ1) is 13.1. The van der Waals surface area contributed by atoms with Crippen LogP contribution in [0.4, 0.5) is 0 Å². The number of hydrogen-bond donors (Lipinski definition) is 1. The van der Waals surface area contributed by atoms with Gasteiger partial charge in [-0.2, -0.15) is 5.10 Å². The number of carbonyl (C=O) groups is 1. The van der Waals surface area contributed by atoms with Crippen LogP contribution in [-0.2, 0) is 0 Å². The number of thiophene rings is 1. The first-order valence-electron chi connectivity index (χ1n) is 9.88. The molecule has 2 aromatic heterocycles. The molecule has 2 atom stereocenters. The summed E-state index contributed by atoms with van der Waals surface area (Å²) >= 11 is 1.78. The lowest BCUT2D eigenvalue weighted by Crippen LogP contribution is -2.40. The Morgan fingerprint density at radius 2 is 2.00 bits per heavy atom. The highest BCUT2D eigenvalue weighted by Crippen LogP contribution is 2.39. The van der Waals surface area contributed by atoms with Crippen molar-refractivity contribution in [3.8, 4) is 10.4 Å². The third-order valence-corrected chi connectivity index (χ3v) is 7.57. The van der Waals surface area contributed by atoms with E-state index in [9.17, 15) is 4.79 Å². The normalized spacial score (nSPS) is 25.3. The first kappa shape index (κ1) is 17.1. The van der Waals surface area contributed by atoms with Crippen LogP contribution in [0.3, 0.4) is 0 Å². The SMILES string of the molecule is Cc1ccc(-c2ccc3[nH]nc(C(=O)CC4CC5CCC(C4)N5C)c3c2)s1. The highest BCUT2D eigenvalue weighted by Gasteiger charge is 2.39. The number of aromatic amines is 1. The highest BCUT2D eigenvalue weighted by atomic mass is 32.1. The summed E-state index contributed by atoms with van der Waals surface area (Å²) in [6.45, 7) is 2.12. The third-order valence-electron chi connectivity index (χ3n) is 6.52. The molecule has 2 saturated heterocycles. The maximum Gasteiger partial charge on any atom is 0.183 e. The Morgan fingerprint density at radius 1 is 1.22 bits per heavy atom. The Kier molecular flexibility index (Phi) is 4.17. The van der Waals surface area contributed by atoms with Crippen LogP contribution in [0.15, 0.2) is 30.3 Å². The summed E-state index contributed by atoms with van der Waals surface area (Å²) in [5, 5.41) is 8.40. The summed E-state index contributed by atoms with van der Waals surface area (Å²) in [6, 6.07) is 11.9. The highest BCUT2D eigenvalue weighted by molar-refractivity contribution is 7.15. The molecule has 0 saturated carbocycles. The summed E-state index contributed by atoms with van der Waals surface area (Å²) in [6.07, 6.45) is 5.52. The molecule has 4 heterocycles. The van der Waals surface area contributed by atoms with Crippen molar-refractivity contribution in [2.45, 2.75) is 51.1 Å². The maximum atomic E-state index is 13.1. The molecule has 2 aliphatic heterocycles. The van der Waals surface area contributed by atoms with Crippen molar-refractivity contribution >= 4 is 28.0 Å². The molecule has 0 radical (unpaired) electrons. The van der Waals surface area contributed by atoms with Crippen molar-refractivity contribution in [1.82, 2.24) is 15.1 Å². The van der Waals surface area contributed by atoms with Crippen LogP contribution in [0.2, 0.25) is 0 Å². The van der Waals surface area contributed by atoms with Crippen molar-refractivity contribution in [1.29, 1.82) is 0 Å². The van der Waals surface area contributed by atoms with Crippen LogP contribution < -0.4 is 0 Å². The van der Waals surface area contributed by atoms with Crippen molar-refractivity contribution in [3.05, 3.63) is 40.9 Å². The molecule has 4 nitrogen and oxygen atoms in total. The summed E-state index contributed by atoms with van der Waals surface area (Å²) < 4.78 is 0. The van der Waals surface area contributed by atoms with Crippen LogP contribution in [0.5, 0.6) is 0 Å². The van der Waals surface area contributed by atoms with Crippen LogP contribution in [0.1, 0.15) is 47.5 Å². The minimum atomic E-state index is 0.190. The van der Waals surface area contributed by atoms with E-state index >= 15 is 0 Å². The molecule has 3 aromatic rings. The van der Waals surface area contributed by atoms with Gasteiger partial charge < -0.3 is 4.90 Å². The molecule has 5 rings (SSSR count). The zero-order valence-corrected chi connectivity index (χ0v) is 16.7. The Labute approximate surface area is 163 Å². The van der Waals surface area contributed by atoms with Gasteiger partial charge in [0.25, 0.3) is 0 Å². The molecule has 2 fully saturated rings. The largest absolute Gasteiger partial charge is 0.300 e. The summed E-state index contributed by atoms with van der Waals surface area (Å²) in [5.74, 6) is 0.691. The molecular formula is C22H25N3OS. The van der Waals surface area contributed by atoms with E-state index in [0.29, 0.717) is 30.1 Å². The molecule has 2 aliphatic rings. The molecule has 2 bridgehead atoms. The molecule has 27 heavy (non-hydrogen) atoms. The van der Waals surface area contributed by atoms with E-state index in [1.165, 1.54) is 22.6 Å². The van der Waals surface area contributed by atoms with Crippen molar-refractivity contribution in [3.63, 3.8) is 0 Å². The number of hydrogen-bond acceptors (Lipinski definition) is 4. The number of piperidine rings is 1. The van der Waals surface area contributed by atoms with Gasteiger partial charge in [-0.1, -0.05) is 6.07 Å². The maximum absolute atomic E-state index is 13.1. The van der Waals surface area contributed by atoms with Crippen molar-refractivity contribution < 1.29 is 4.79 Å². The lowest BCUT2D eigenvalue weighted by atomic mass is 9.86. The number of H-pyrrole nitrogens is 1. The van der Waals surface area contributed by atoms with Gasteiger partial charge in [0.2, 0.25) is 0 Å². The molecular weight excluding hydrogens is 354 g/mol. The van der Waals surface area contributed by atoms with Gasteiger partial charge >= 0.3 is 0 Å². The molecule has 0 amide bonds. The fourth-order valence-electron chi connectivity index (χ4n) is 5.02. The third kappa shape index (κ3) is 3.03. The molecule has 2 unspecified atom stereocenters.